The van der Waals surface area contributed by atoms with Crippen molar-refractivity contribution in [2.45, 2.75) is 6.42 Å². The Morgan fingerprint density at radius 3 is 2.88 bits per heavy atom. The van der Waals surface area contributed by atoms with E-state index in [0.29, 0.717) is 48.5 Å². The van der Waals surface area contributed by atoms with Crippen LogP contribution in [0.4, 0.5) is 0 Å². The van der Waals surface area contributed by atoms with Crippen LogP contribution in [0.5, 0.6) is 17.2 Å². The Labute approximate surface area is 99.2 Å². The van der Waals surface area contributed by atoms with E-state index in [1.165, 1.54) is 0 Å². The molecule has 0 saturated carbocycles. The second kappa shape index (κ2) is 4.80. The lowest BCUT2D eigenvalue weighted by molar-refractivity contribution is 0.169. The molecule has 1 aliphatic rings. The van der Waals surface area contributed by atoms with Gasteiger partial charge in [-0.2, -0.15) is 0 Å². The molecule has 0 bridgehead atoms. The predicted octanol–water partition coefficient (Wildman–Crippen LogP) is 1.62. The summed E-state index contributed by atoms with van der Waals surface area (Å²) in [5.41, 5.74) is 6.45. The van der Waals surface area contributed by atoms with Gasteiger partial charge in [0.1, 0.15) is 19.0 Å². The third kappa shape index (κ3) is 1.90. The lowest BCUT2D eigenvalue weighted by atomic mass is 10.1. The van der Waals surface area contributed by atoms with Crippen molar-refractivity contribution in [2.24, 2.45) is 5.73 Å². The highest BCUT2D eigenvalue weighted by Crippen LogP contribution is 2.44. The number of rotatable bonds is 3. The van der Waals surface area contributed by atoms with Crippen molar-refractivity contribution >= 4 is 11.6 Å². The summed E-state index contributed by atoms with van der Waals surface area (Å²) >= 11 is 6.10. The Hall–Kier alpha value is -1.13. The molecule has 88 valence electrons. The van der Waals surface area contributed by atoms with Gasteiger partial charge in [-0.1, -0.05) is 11.6 Å². The zero-order valence-corrected chi connectivity index (χ0v) is 9.84. The van der Waals surface area contributed by atoms with Crippen LogP contribution in [-0.4, -0.2) is 26.9 Å². The Bertz CT molecular complexity index is 395. The molecule has 0 aromatic heterocycles. The molecule has 0 aliphatic carbocycles. The predicted molar refractivity (Wildman–Crippen MR) is 61.8 cm³/mol. The highest BCUT2D eigenvalue weighted by atomic mass is 35.5. The second-order valence-corrected chi connectivity index (χ2v) is 3.84. The number of fused-ring (bicyclic) bond motifs is 1. The van der Waals surface area contributed by atoms with Crippen molar-refractivity contribution in [1.29, 1.82) is 0 Å². The average molecular weight is 244 g/mol. The first kappa shape index (κ1) is 11.4. The monoisotopic (exact) mass is 243 g/mol. The van der Waals surface area contributed by atoms with Gasteiger partial charge in [-0.05, 0) is 13.0 Å². The van der Waals surface area contributed by atoms with Crippen molar-refractivity contribution in [1.82, 2.24) is 0 Å². The maximum absolute atomic E-state index is 6.10. The van der Waals surface area contributed by atoms with Gasteiger partial charge in [0, 0.05) is 11.6 Å². The van der Waals surface area contributed by atoms with E-state index in [0.717, 1.165) is 5.56 Å². The summed E-state index contributed by atoms with van der Waals surface area (Å²) in [7, 11) is 1.58. The minimum absolute atomic E-state index is 0.506. The van der Waals surface area contributed by atoms with Gasteiger partial charge in [0.15, 0.2) is 11.5 Å². The third-order valence-corrected chi connectivity index (χ3v) is 2.71. The molecule has 1 aromatic rings. The Morgan fingerprint density at radius 1 is 1.44 bits per heavy atom. The van der Waals surface area contributed by atoms with Gasteiger partial charge in [0.2, 0.25) is 0 Å². The standard InChI is InChI=1S/C11H14ClNO3/c1-14-10-7(2-3-13)11-9(6-8(10)12)15-4-5-16-11/h6H,2-5,13H2,1H3. The minimum Gasteiger partial charge on any atom is -0.495 e. The van der Waals surface area contributed by atoms with E-state index < -0.39 is 0 Å². The average Bonchev–Trinajstić information content (AvgIpc) is 2.29. The van der Waals surface area contributed by atoms with E-state index in [1.807, 2.05) is 0 Å². The summed E-state index contributed by atoms with van der Waals surface area (Å²) in [6, 6.07) is 1.72. The number of methoxy groups -OCH3 is 1. The first-order valence-corrected chi connectivity index (χ1v) is 5.50. The highest BCUT2D eigenvalue weighted by Gasteiger charge is 2.22. The van der Waals surface area contributed by atoms with E-state index in [9.17, 15) is 0 Å². The maximum atomic E-state index is 6.10. The Morgan fingerprint density at radius 2 is 2.19 bits per heavy atom. The molecule has 16 heavy (non-hydrogen) atoms. The van der Waals surface area contributed by atoms with Crippen LogP contribution in [-0.2, 0) is 6.42 Å². The molecule has 0 unspecified atom stereocenters. The van der Waals surface area contributed by atoms with Crippen molar-refractivity contribution in [3.63, 3.8) is 0 Å². The van der Waals surface area contributed by atoms with E-state index >= 15 is 0 Å². The Kier molecular flexibility index (Phi) is 3.41. The van der Waals surface area contributed by atoms with Crippen molar-refractivity contribution in [3.8, 4) is 17.2 Å². The highest BCUT2D eigenvalue weighted by molar-refractivity contribution is 6.32. The van der Waals surface area contributed by atoms with Gasteiger partial charge in [0.05, 0.1) is 12.1 Å². The number of benzene rings is 1. The lowest BCUT2D eigenvalue weighted by Gasteiger charge is -2.23. The van der Waals surface area contributed by atoms with Crippen LogP contribution in [0.25, 0.3) is 0 Å². The van der Waals surface area contributed by atoms with Gasteiger partial charge in [-0.3, -0.25) is 0 Å². The molecule has 1 aromatic carbocycles. The van der Waals surface area contributed by atoms with Gasteiger partial charge in [0.25, 0.3) is 0 Å². The molecule has 0 amide bonds. The van der Waals surface area contributed by atoms with E-state index in [2.05, 4.69) is 0 Å². The van der Waals surface area contributed by atoms with Gasteiger partial charge in [-0.25, -0.2) is 0 Å². The van der Waals surface area contributed by atoms with Crippen LogP contribution in [0.1, 0.15) is 5.56 Å². The molecule has 2 N–H and O–H groups in total. The molecule has 2 rings (SSSR count). The smallest absolute Gasteiger partial charge is 0.168 e. The fourth-order valence-corrected chi connectivity index (χ4v) is 2.09. The topological polar surface area (TPSA) is 53.7 Å². The molecule has 0 fully saturated rings. The molecule has 0 spiro atoms. The molecule has 0 radical (unpaired) electrons. The summed E-state index contributed by atoms with van der Waals surface area (Å²) in [6.45, 7) is 1.58. The van der Waals surface area contributed by atoms with Crippen LogP contribution >= 0.6 is 11.6 Å². The summed E-state index contributed by atoms with van der Waals surface area (Å²) in [6.07, 6.45) is 0.648. The summed E-state index contributed by atoms with van der Waals surface area (Å²) < 4.78 is 16.3. The molecule has 0 saturated heterocycles. The van der Waals surface area contributed by atoms with Crippen LogP contribution in [0.15, 0.2) is 6.07 Å². The Balaban J connectivity index is 2.54. The second-order valence-electron chi connectivity index (χ2n) is 3.43. The zero-order valence-electron chi connectivity index (χ0n) is 9.09. The normalized spacial score (nSPS) is 13.7. The molecule has 0 atom stereocenters. The van der Waals surface area contributed by atoms with Crippen molar-refractivity contribution in [3.05, 3.63) is 16.7 Å². The van der Waals surface area contributed by atoms with Crippen LogP contribution < -0.4 is 19.9 Å². The molecular weight excluding hydrogens is 230 g/mol. The van der Waals surface area contributed by atoms with Crippen molar-refractivity contribution in [2.75, 3.05) is 26.9 Å². The fourth-order valence-electron chi connectivity index (χ4n) is 1.80. The lowest BCUT2D eigenvalue weighted by Crippen LogP contribution is -2.18. The molecule has 1 aliphatic heterocycles. The SMILES string of the molecule is COc1c(Cl)cc2c(c1CCN)OCCO2. The quantitative estimate of drug-likeness (QED) is 0.877. The summed E-state index contributed by atoms with van der Waals surface area (Å²) in [4.78, 5) is 0. The number of nitrogens with two attached hydrogens (primary N) is 1. The van der Waals surface area contributed by atoms with Crippen LogP contribution in [0.2, 0.25) is 5.02 Å². The minimum atomic E-state index is 0.506. The summed E-state index contributed by atoms with van der Waals surface area (Å²) in [5.74, 6) is 2.00. The first-order chi connectivity index (χ1) is 7.77. The molecule has 1 heterocycles. The van der Waals surface area contributed by atoms with Crippen LogP contribution in [0.3, 0.4) is 0 Å². The van der Waals surface area contributed by atoms with Crippen LogP contribution in [0, 0.1) is 0 Å². The maximum Gasteiger partial charge on any atom is 0.168 e. The number of ether oxygens (including phenoxy) is 3. The van der Waals surface area contributed by atoms with Gasteiger partial charge < -0.3 is 19.9 Å². The van der Waals surface area contributed by atoms with Gasteiger partial charge in [-0.15, -0.1) is 0 Å². The number of hydrogen-bond acceptors (Lipinski definition) is 4. The van der Waals surface area contributed by atoms with Crippen molar-refractivity contribution < 1.29 is 14.2 Å². The zero-order chi connectivity index (χ0) is 11.5. The molecular formula is C11H14ClNO3. The van der Waals surface area contributed by atoms with Gasteiger partial charge >= 0.3 is 0 Å². The summed E-state index contributed by atoms with van der Waals surface area (Å²) in [5, 5.41) is 0.523. The first-order valence-electron chi connectivity index (χ1n) is 5.13. The third-order valence-electron chi connectivity index (χ3n) is 2.43. The molecule has 4 nitrogen and oxygen atoms in total. The number of hydrogen-bond donors (Lipinski definition) is 1. The number of halogens is 1. The van der Waals surface area contributed by atoms with E-state index in [-0.39, 0.29) is 0 Å². The van der Waals surface area contributed by atoms with E-state index in [1.54, 1.807) is 13.2 Å². The fraction of sp³-hybridized carbons (Fsp3) is 0.455. The van der Waals surface area contributed by atoms with E-state index in [4.69, 9.17) is 31.5 Å². The largest absolute Gasteiger partial charge is 0.495 e. The molecule has 5 heteroatoms.